The van der Waals surface area contributed by atoms with Crippen LogP contribution in [0.25, 0.3) is 22.0 Å². The van der Waals surface area contributed by atoms with E-state index in [0.717, 1.165) is 32.8 Å². The van der Waals surface area contributed by atoms with Gasteiger partial charge < -0.3 is 14.0 Å². The molecule has 0 radical (unpaired) electrons. The first-order chi connectivity index (χ1) is 14.6. The topological polar surface area (TPSA) is 62.1 Å². The van der Waals surface area contributed by atoms with Crippen LogP contribution in [-0.4, -0.2) is 34.0 Å². The molecule has 2 aromatic heterocycles. The Morgan fingerprint density at radius 1 is 1.07 bits per heavy atom. The van der Waals surface area contributed by atoms with E-state index >= 15 is 0 Å². The maximum absolute atomic E-state index is 5.98. The lowest BCUT2D eigenvalue weighted by Crippen LogP contribution is -1.95. The lowest BCUT2D eigenvalue weighted by atomic mass is 10.2. The molecule has 0 saturated heterocycles. The fourth-order valence-corrected chi connectivity index (χ4v) is 4.86. The summed E-state index contributed by atoms with van der Waals surface area (Å²) in [6.45, 7) is 0. The molecule has 0 aliphatic rings. The minimum Gasteiger partial charge on any atom is -0.493 e. The van der Waals surface area contributed by atoms with Gasteiger partial charge in [0.05, 0.1) is 25.5 Å². The van der Waals surface area contributed by atoms with Crippen LogP contribution in [0.2, 0.25) is 5.02 Å². The Balaban J connectivity index is 1.50. The van der Waals surface area contributed by atoms with E-state index in [-0.39, 0.29) is 0 Å². The molecule has 0 spiro atoms. The van der Waals surface area contributed by atoms with E-state index in [2.05, 4.69) is 15.6 Å². The van der Waals surface area contributed by atoms with Gasteiger partial charge in [0.1, 0.15) is 5.01 Å². The fraction of sp³-hybridized carbons (Fsp3) is 0.190. The van der Waals surface area contributed by atoms with Crippen molar-refractivity contribution in [3.05, 3.63) is 58.6 Å². The van der Waals surface area contributed by atoms with Crippen LogP contribution in [0.1, 0.15) is 5.69 Å². The molecule has 9 heteroatoms. The van der Waals surface area contributed by atoms with E-state index in [1.54, 1.807) is 37.3 Å². The minimum atomic E-state index is 0.689. The predicted molar refractivity (Wildman–Crippen MR) is 122 cm³/mol. The molecule has 0 fully saturated rings. The second-order valence-corrected chi connectivity index (χ2v) is 8.58. The first-order valence-electron chi connectivity index (χ1n) is 9.04. The van der Waals surface area contributed by atoms with Crippen LogP contribution in [0.3, 0.4) is 0 Å². The van der Waals surface area contributed by atoms with Crippen molar-refractivity contribution in [2.45, 2.75) is 10.9 Å². The highest BCUT2D eigenvalue weighted by Gasteiger charge is 2.16. The summed E-state index contributed by atoms with van der Waals surface area (Å²) >= 11 is 9.15. The Hall–Kier alpha value is -2.55. The molecule has 0 N–H and O–H groups in total. The summed E-state index contributed by atoms with van der Waals surface area (Å²) in [5, 5.41) is 13.1. The van der Waals surface area contributed by atoms with Crippen molar-refractivity contribution in [3.63, 3.8) is 0 Å². The third kappa shape index (κ3) is 4.16. The third-order valence-corrected chi connectivity index (χ3v) is 6.70. The highest BCUT2D eigenvalue weighted by molar-refractivity contribution is 7.98. The molecule has 0 amide bonds. The molecule has 4 aromatic rings. The number of halogens is 1. The highest BCUT2D eigenvalue weighted by Crippen LogP contribution is 2.39. The number of para-hydroxylation sites is 1. The normalized spacial score (nSPS) is 10.9. The molecule has 2 heterocycles. The van der Waals surface area contributed by atoms with E-state index in [1.165, 1.54) is 0 Å². The molecule has 6 nitrogen and oxygen atoms in total. The molecule has 2 aromatic carbocycles. The van der Waals surface area contributed by atoms with Gasteiger partial charge in [-0.25, -0.2) is 4.98 Å². The molecule has 30 heavy (non-hydrogen) atoms. The zero-order valence-corrected chi connectivity index (χ0v) is 19.0. The van der Waals surface area contributed by atoms with Gasteiger partial charge in [0.25, 0.3) is 0 Å². The van der Waals surface area contributed by atoms with Crippen molar-refractivity contribution < 1.29 is 9.47 Å². The van der Waals surface area contributed by atoms with Gasteiger partial charge in [0.2, 0.25) is 0 Å². The molecular weight excluding hydrogens is 440 g/mol. The van der Waals surface area contributed by atoms with Gasteiger partial charge in [-0.1, -0.05) is 29.4 Å². The van der Waals surface area contributed by atoms with Crippen LogP contribution in [0.4, 0.5) is 0 Å². The van der Waals surface area contributed by atoms with Gasteiger partial charge in [0.15, 0.2) is 22.5 Å². The van der Waals surface area contributed by atoms with Crippen LogP contribution < -0.4 is 9.47 Å². The smallest absolute Gasteiger partial charge is 0.191 e. The van der Waals surface area contributed by atoms with Gasteiger partial charge in [-0.2, -0.15) is 0 Å². The molecule has 0 bridgehead atoms. The van der Waals surface area contributed by atoms with Crippen LogP contribution in [0, 0.1) is 0 Å². The molecule has 0 atom stereocenters. The number of hydrogen-bond acceptors (Lipinski definition) is 7. The predicted octanol–water partition coefficient (Wildman–Crippen LogP) is 5.57. The molecule has 4 rings (SSSR count). The summed E-state index contributed by atoms with van der Waals surface area (Å²) in [5.74, 6) is 2.87. The Labute approximate surface area is 187 Å². The second-order valence-electron chi connectivity index (χ2n) is 6.35. The highest BCUT2D eigenvalue weighted by atomic mass is 35.5. The second kappa shape index (κ2) is 9.07. The monoisotopic (exact) mass is 458 g/mol. The first-order valence-corrected chi connectivity index (χ1v) is 11.3. The third-order valence-electron chi connectivity index (χ3n) is 4.47. The van der Waals surface area contributed by atoms with Crippen molar-refractivity contribution in [3.8, 4) is 33.5 Å². The van der Waals surface area contributed by atoms with Crippen molar-refractivity contribution in [1.29, 1.82) is 0 Å². The zero-order valence-electron chi connectivity index (χ0n) is 16.6. The maximum atomic E-state index is 5.98. The molecular formula is C21H19ClN4O2S2. The van der Waals surface area contributed by atoms with E-state index in [1.807, 2.05) is 54.1 Å². The Morgan fingerprint density at radius 3 is 2.60 bits per heavy atom. The molecule has 0 aliphatic carbocycles. The number of thiazole rings is 1. The van der Waals surface area contributed by atoms with Gasteiger partial charge in [-0.05, 0) is 36.4 Å². The van der Waals surface area contributed by atoms with Crippen molar-refractivity contribution >= 4 is 34.7 Å². The Bertz CT molecular complexity index is 1160. The minimum absolute atomic E-state index is 0.689. The number of ether oxygens (including phenoxy) is 2. The van der Waals surface area contributed by atoms with Crippen LogP contribution in [-0.2, 0) is 12.8 Å². The molecule has 154 valence electrons. The van der Waals surface area contributed by atoms with E-state index in [9.17, 15) is 0 Å². The fourth-order valence-electron chi connectivity index (χ4n) is 2.98. The van der Waals surface area contributed by atoms with Crippen molar-refractivity contribution in [2.75, 3.05) is 14.2 Å². The van der Waals surface area contributed by atoms with Gasteiger partial charge in [-0.15, -0.1) is 21.5 Å². The number of rotatable bonds is 7. The zero-order chi connectivity index (χ0) is 21.1. The van der Waals surface area contributed by atoms with E-state index < -0.39 is 0 Å². The summed E-state index contributed by atoms with van der Waals surface area (Å²) in [5.41, 5.74) is 2.87. The lowest BCUT2D eigenvalue weighted by molar-refractivity contribution is 0.356. The SMILES string of the molecule is COc1cccc(-c2nc(CSc3nnc(-c4ccc(Cl)cc4)n3C)cs2)c1OC. The number of thioether (sulfide) groups is 1. The van der Waals surface area contributed by atoms with Gasteiger partial charge >= 0.3 is 0 Å². The Kier molecular flexibility index (Phi) is 6.26. The maximum Gasteiger partial charge on any atom is 0.191 e. The number of nitrogens with zero attached hydrogens (tertiary/aromatic N) is 4. The first kappa shape index (κ1) is 20.7. The summed E-state index contributed by atoms with van der Waals surface area (Å²) in [6.07, 6.45) is 0. The van der Waals surface area contributed by atoms with Crippen LogP contribution >= 0.6 is 34.7 Å². The molecule has 0 aliphatic heterocycles. The Morgan fingerprint density at radius 2 is 1.87 bits per heavy atom. The quantitative estimate of drug-likeness (QED) is 0.337. The number of methoxy groups -OCH3 is 2. The molecule has 0 unspecified atom stereocenters. The van der Waals surface area contributed by atoms with Gasteiger partial charge in [-0.3, -0.25) is 0 Å². The van der Waals surface area contributed by atoms with Crippen LogP contribution in [0.15, 0.2) is 53.0 Å². The van der Waals surface area contributed by atoms with Crippen LogP contribution in [0.5, 0.6) is 11.5 Å². The lowest BCUT2D eigenvalue weighted by Gasteiger charge is -2.10. The van der Waals surface area contributed by atoms with E-state index in [4.69, 9.17) is 26.1 Å². The number of aromatic nitrogens is 4. The summed E-state index contributed by atoms with van der Waals surface area (Å²) < 4.78 is 12.9. The average Bonchev–Trinajstić information content (AvgIpc) is 3.39. The molecule has 0 saturated carbocycles. The summed E-state index contributed by atoms with van der Waals surface area (Å²) in [4.78, 5) is 4.77. The largest absolute Gasteiger partial charge is 0.493 e. The van der Waals surface area contributed by atoms with Crippen molar-refractivity contribution in [1.82, 2.24) is 19.7 Å². The average molecular weight is 459 g/mol. The van der Waals surface area contributed by atoms with Crippen molar-refractivity contribution in [2.24, 2.45) is 7.05 Å². The number of benzene rings is 2. The van der Waals surface area contributed by atoms with Gasteiger partial charge in [0, 0.05) is 28.8 Å². The summed E-state index contributed by atoms with van der Waals surface area (Å²) in [6, 6.07) is 13.4. The summed E-state index contributed by atoms with van der Waals surface area (Å²) in [7, 11) is 5.22. The standard InChI is InChI=1S/C21H19ClN4O2S2/c1-26-19(13-7-9-14(22)10-8-13)24-25-21(26)30-12-15-11-29-20(23-15)16-5-4-6-17(27-2)18(16)28-3/h4-11H,12H2,1-3H3. The number of hydrogen-bond donors (Lipinski definition) is 0. The van der Waals surface area contributed by atoms with E-state index in [0.29, 0.717) is 22.3 Å².